The van der Waals surface area contributed by atoms with Crippen LogP contribution in [0.2, 0.25) is 0 Å². The Morgan fingerprint density at radius 2 is 1.79 bits per heavy atom. The van der Waals surface area contributed by atoms with Crippen molar-refractivity contribution in [1.82, 2.24) is 0 Å². The van der Waals surface area contributed by atoms with Gasteiger partial charge in [-0.05, 0) is 55.3 Å². The van der Waals surface area contributed by atoms with E-state index in [1.807, 2.05) is 0 Å². The molecule has 0 heterocycles. The summed E-state index contributed by atoms with van der Waals surface area (Å²) in [5, 5.41) is 2.73. The first-order chi connectivity index (χ1) is 13.3. The zero-order chi connectivity index (χ0) is 20.7. The van der Waals surface area contributed by atoms with Gasteiger partial charge < -0.3 is 14.8 Å². The molecule has 0 aliphatic heterocycles. The smallest absolute Gasteiger partial charge is 0.261 e. The lowest BCUT2D eigenvalue weighted by molar-refractivity contribution is -0.115. The molecule has 152 valence electrons. The molecule has 0 spiro atoms. The molecule has 0 aliphatic carbocycles. The first-order valence-electron chi connectivity index (χ1n) is 8.92. The number of amides is 1. The fourth-order valence-electron chi connectivity index (χ4n) is 2.45. The lowest BCUT2D eigenvalue weighted by Crippen LogP contribution is -2.15. The molecular formula is C20H26N2O5S. The highest BCUT2D eigenvalue weighted by atomic mass is 32.2. The number of methoxy groups -OCH3 is 1. The molecule has 0 fully saturated rings. The maximum absolute atomic E-state index is 12.8. The number of carbonyl (C=O) groups is 1. The maximum atomic E-state index is 12.8. The number of hydrogen-bond acceptors (Lipinski definition) is 5. The second kappa shape index (κ2) is 9.57. The number of rotatable bonds is 9. The highest BCUT2D eigenvalue weighted by Gasteiger charge is 2.17. The van der Waals surface area contributed by atoms with Crippen LogP contribution in [0.5, 0.6) is 5.75 Å². The molecule has 0 unspecified atom stereocenters. The van der Waals surface area contributed by atoms with Gasteiger partial charge in [0, 0.05) is 19.2 Å². The third-order valence-electron chi connectivity index (χ3n) is 4.09. The van der Waals surface area contributed by atoms with Crippen molar-refractivity contribution < 1.29 is 22.7 Å². The van der Waals surface area contributed by atoms with E-state index in [4.69, 9.17) is 9.47 Å². The second-order valence-corrected chi connectivity index (χ2v) is 7.99. The van der Waals surface area contributed by atoms with Crippen LogP contribution in [0.4, 0.5) is 11.4 Å². The highest BCUT2D eigenvalue weighted by molar-refractivity contribution is 7.92. The van der Waals surface area contributed by atoms with E-state index in [0.29, 0.717) is 42.3 Å². The minimum Gasteiger partial charge on any atom is -0.491 e. The van der Waals surface area contributed by atoms with Crippen LogP contribution >= 0.6 is 0 Å². The summed E-state index contributed by atoms with van der Waals surface area (Å²) < 4.78 is 38.7. The van der Waals surface area contributed by atoms with Crippen molar-refractivity contribution in [2.24, 2.45) is 0 Å². The van der Waals surface area contributed by atoms with Gasteiger partial charge in [0.1, 0.15) is 12.4 Å². The number of ether oxygens (including phenoxy) is 2. The molecular weight excluding hydrogens is 380 g/mol. The lowest BCUT2D eigenvalue weighted by atomic mass is 10.2. The molecule has 7 nitrogen and oxygen atoms in total. The van der Waals surface area contributed by atoms with Gasteiger partial charge in [-0.2, -0.15) is 0 Å². The van der Waals surface area contributed by atoms with Gasteiger partial charge in [-0.3, -0.25) is 9.52 Å². The Morgan fingerprint density at radius 1 is 1.04 bits per heavy atom. The molecule has 0 saturated heterocycles. The van der Waals surface area contributed by atoms with Crippen molar-refractivity contribution in [2.75, 3.05) is 30.4 Å². The number of carbonyl (C=O) groups excluding carboxylic acids is 1. The van der Waals surface area contributed by atoms with Crippen molar-refractivity contribution in [3.63, 3.8) is 0 Å². The SMILES string of the molecule is CCC(=O)Nc1ccc(C)c(NS(=O)(=O)c2ccc(OCCOC)c(C)c2)c1. The number of anilines is 2. The van der Waals surface area contributed by atoms with E-state index in [1.54, 1.807) is 58.2 Å². The van der Waals surface area contributed by atoms with Crippen molar-refractivity contribution in [3.05, 3.63) is 47.5 Å². The normalized spacial score (nSPS) is 11.1. The number of sulfonamides is 1. The Kier molecular flexibility index (Phi) is 7.42. The first kappa shape index (κ1) is 21.7. The van der Waals surface area contributed by atoms with E-state index >= 15 is 0 Å². The summed E-state index contributed by atoms with van der Waals surface area (Å²) in [4.78, 5) is 11.7. The summed E-state index contributed by atoms with van der Waals surface area (Å²) in [5.41, 5.74) is 2.40. The summed E-state index contributed by atoms with van der Waals surface area (Å²) in [6.07, 6.45) is 0.340. The molecule has 0 aliphatic rings. The van der Waals surface area contributed by atoms with Gasteiger partial charge in [0.05, 0.1) is 17.2 Å². The number of benzene rings is 2. The zero-order valence-corrected chi connectivity index (χ0v) is 17.4. The Hall–Kier alpha value is -2.58. The average molecular weight is 407 g/mol. The molecule has 2 rings (SSSR count). The fraction of sp³-hybridized carbons (Fsp3) is 0.350. The Balaban J connectivity index is 2.22. The Bertz CT molecular complexity index is 942. The van der Waals surface area contributed by atoms with E-state index in [2.05, 4.69) is 10.0 Å². The van der Waals surface area contributed by atoms with Crippen LogP contribution in [0.1, 0.15) is 24.5 Å². The van der Waals surface area contributed by atoms with Gasteiger partial charge in [0.15, 0.2) is 0 Å². The topological polar surface area (TPSA) is 93.7 Å². The van der Waals surface area contributed by atoms with Crippen LogP contribution in [0.3, 0.4) is 0 Å². The van der Waals surface area contributed by atoms with Crippen molar-refractivity contribution in [1.29, 1.82) is 0 Å². The Labute approximate surface area is 166 Å². The predicted molar refractivity (Wildman–Crippen MR) is 109 cm³/mol. The summed E-state index contributed by atoms with van der Waals surface area (Å²) >= 11 is 0. The maximum Gasteiger partial charge on any atom is 0.261 e. The van der Waals surface area contributed by atoms with Crippen molar-refractivity contribution >= 4 is 27.3 Å². The third kappa shape index (κ3) is 5.71. The standard InChI is InChI=1S/C20H26N2O5S/c1-5-20(23)21-16-7-6-14(2)18(13-16)22-28(24,25)17-8-9-19(15(3)12-17)27-11-10-26-4/h6-9,12-13,22H,5,10-11H2,1-4H3,(H,21,23). The number of hydrogen-bond donors (Lipinski definition) is 2. The molecule has 2 N–H and O–H groups in total. The van der Waals surface area contributed by atoms with E-state index in [1.165, 1.54) is 6.07 Å². The molecule has 2 aromatic carbocycles. The quantitative estimate of drug-likeness (QED) is 0.622. The van der Waals surface area contributed by atoms with E-state index in [-0.39, 0.29) is 10.8 Å². The van der Waals surface area contributed by atoms with Crippen LogP contribution < -0.4 is 14.8 Å². The van der Waals surface area contributed by atoms with Crippen LogP contribution in [-0.4, -0.2) is 34.6 Å². The Morgan fingerprint density at radius 3 is 2.43 bits per heavy atom. The van der Waals surface area contributed by atoms with Gasteiger partial charge >= 0.3 is 0 Å². The molecule has 8 heteroatoms. The molecule has 0 atom stereocenters. The van der Waals surface area contributed by atoms with Crippen LogP contribution in [0.25, 0.3) is 0 Å². The zero-order valence-electron chi connectivity index (χ0n) is 16.5. The fourth-order valence-corrected chi connectivity index (χ4v) is 3.66. The van der Waals surface area contributed by atoms with Gasteiger partial charge in [-0.25, -0.2) is 8.42 Å². The molecule has 0 aromatic heterocycles. The third-order valence-corrected chi connectivity index (χ3v) is 5.45. The average Bonchev–Trinajstić information content (AvgIpc) is 2.65. The predicted octanol–water partition coefficient (Wildman–Crippen LogP) is 3.48. The monoisotopic (exact) mass is 406 g/mol. The molecule has 0 bridgehead atoms. The first-order valence-corrected chi connectivity index (χ1v) is 10.4. The summed E-state index contributed by atoms with van der Waals surface area (Å²) in [5.74, 6) is 0.466. The highest BCUT2D eigenvalue weighted by Crippen LogP contribution is 2.26. The van der Waals surface area contributed by atoms with Gasteiger partial charge in [-0.15, -0.1) is 0 Å². The van der Waals surface area contributed by atoms with Gasteiger partial charge in [0.2, 0.25) is 5.91 Å². The van der Waals surface area contributed by atoms with E-state index in [9.17, 15) is 13.2 Å². The van der Waals surface area contributed by atoms with Crippen LogP contribution in [0, 0.1) is 13.8 Å². The molecule has 0 saturated carbocycles. The lowest BCUT2D eigenvalue weighted by Gasteiger charge is -2.14. The minimum atomic E-state index is -3.79. The molecule has 2 aromatic rings. The summed E-state index contributed by atoms with van der Waals surface area (Å²) in [6.45, 7) is 6.16. The van der Waals surface area contributed by atoms with Crippen molar-refractivity contribution in [2.45, 2.75) is 32.1 Å². The van der Waals surface area contributed by atoms with Crippen molar-refractivity contribution in [3.8, 4) is 5.75 Å². The van der Waals surface area contributed by atoms with Crippen LogP contribution in [-0.2, 0) is 19.6 Å². The minimum absolute atomic E-state index is 0.131. The second-order valence-electron chi connectivity index (χ2n) is 6.31. The molecule has 0 radical (unpaired) electrons. The largest absolute Gasteiger partial charge is 0.491 e. The van der Waals surface area contributed by atoms with E-state index < -0.39 is 10.0 Å². The molecule has 28 heavy (non-hydrogen) atoms. The summed E-state index contributed by atoms with van der Waals surface area (Å²) in [6, 6.07) is 9.77. The van der Waals surface area contributed by atoms with Crippen LogP contribution in [0.15, 0.2) is 41.3 Å². The van der Waals surface area contributed by atoms with E-state index in [0.717, 1.165) is 5.56 Å². The number of aryl methyl sites for hydroxylation is 2. The number of nitrogens with one attached hydrogen (secondary N) is 2. The van der Waals surface area contributed by atoms with Gasteiger partial charge in [-0.1, -0.05) is 13.0 Å². The summed E-state index contributed by atoms with van der Waals surface area (Å²) in [7, 11) is -2.21. The van der Waals surface area contributed by atoms with Gasteiger partial charge in [0.25, 0.3) is 10.0 Å². The molecule has 1 amide bonds.